The summed E-state index contributed by atoms with van der Waals surface area (Å²) in [5.74, 6) is 0.903. The van der Waals surface area contributed by atoms with Crippen LogP contribution in [0.15, 0.2) is 34.8 Å². The van der Waals surface area contributed by atoms with Crippen LogP contribution in [0.2, 0.25) is 0 Å². The fourth-order valence-electron chi connectivity index (χ4n) is 1.83. The minimum absolute atomic E-state index is 0.223. The number of halogens is 1. The van der Waals surface area contributed by atoms with Crippen LogP contribution in [0.1, 0.15) is 24.8 Å². The van der Waals surface area contributed by atoms with E-state index in [4.69, 9.17) is 10.5 Å². The molecule has 2 N–H and O–H groups in total. The molecule has 1 aromatic rings. The lowest BCUT2D eigenvalue weighted by atomic mass is 10.1. The van der Waals surface area contributed by atoms with E-state index in [-0.39, 0.29) is 6.10 Å². The minimum atomic E-state index is 0.223. The van der Waals surface area contributed by atoms with Crippen molar-refractivity contribution in [3.05, 3.63) is 40.4 Å². The maximum absolute atomic E-state index is 5.89. The number of hydrogen-bond acceptors (Lipinski definition) is 2. The lowest BCUT2D eigenvalue weighted by Gasteiger charge is -2.19. The lowest BCUT2D eigenvalue weighted by Crippen LogP contribution is -2.15. The monoisotopic (exact) mass is 281 g/mol. The molecular weight excluding hydrogens is 266 g/mol. The van der Waals surface area contributed by atoms with Gasteiger partial charge in [0.1, 0.15) is 11.9 Å². The van der Waals surface area contributed by atoms with Gasteiger partial charge in [-0.1, -0.05) is 22.0 Å². The van der Waals surface area contributed by atoms with Gasteiger partial charge in [-0.3, -0.25) is 0 Å². The van der Waals surface area contributed by atoms with Crippen molar-refractivity contribution in [2.24, 2.45) is 5.73 Å². The Hall–Kier alpha value is -0.800. The Bertz CT molecular complexity index is 390. The zero-order valence-electron chi connectivity index (χ0n) is 9.16. The van der Waals surface area contributed by atoms with Crippen LogP contribution in [-0.2, 0) is 6.54 Å². The fourth-order valence-corrected chi connectivity index (χ4v) is 2.24. The maximum Gasteiger partial charge on any atom is 0.120 e. The first-order chi connectivity index (χ1) is 7.79. The first kappa shape index (κ1) is 11.7. The van der Waals surface area contributed by atoms with Gasteiger partial charge in [-0.15, -0.1) is 0 Å². The van der Waals surface area contributed by atoms with E-state index in [9.17, 15) is 0 Å². The number of hydrogen-bond donors (Lipinski definition) is 1. The van der Waals surface area contributed by atoms with E-state index in [1.54, 1.807) is 0 Å². The van der Waals surface area contributed by atoms with E-state index < -0.39 is 0 Å². The van der Waals surface area contributed by atoms with Crippen LogP contribution in [0.4, 0.5) is 0 Å². The fraction of sp³-hybridized carbons (Fsp3) is 0.385. The first-order valence-electron chi connectivity index (χ1n) is 5.61. The van der Waals surface area contributed by atoms with E-state index in [1.165, 1.54) is 12.8 Å². The molecule has 0 heterocycles. The number of allylic oxidation sites excluding steroid dienone is 1. The van der Waals surface area contributed by atoms with Crippen LogP contribution in [0, 0.1) is 0 Å². The van der Waals surface area contributed by atoms with Crippen LogP contribution in [-0.4, -0.2) is 6.10 Å². The van der Waals surface area contributed by atoms with E-state index >= 15 is 0 Å². The molecule has 2 nitrogen and oxygen atoms in total. The highest BCUT2D eigenvalue weighted by Gasteiger charge is 2.10. The molecule has 0 radical (unpaired) electrons. The molecule has 16 heavy (non-hydrogen) atoms. The van der Waals surface area contributed by atoms with E-state index in [1.807, 2.05) is 18.2 Å². The standard InChI is InChI=1S/C13H16BrNO/c14-13-7-6-12(8-10(13)9-15)16-11-4-2-1-3-5-11/h2,4,6-8,11H,1,3,5,9,15H2. The molecule has 3 heteroatoms. The average molecular weight is 282 g/mol. The molecule has 1 aliphatic carbocycles. The summed E-state index contributed by atoms with van der Waals surface area (Å²) in [6, 6.07) is 5.97. The van der Waals surface area contributed by atoms with Crippen LogP contribution in [0.5, 0.6) is 5.75 Å². The summed E-state index contributed by atoms with van der Waals surface area (Å²) in [5, 5.41) is 0. The molecule has 1 aromatic carbocycles. The SMILES string of the molecule is NCc1cc(OC2C=CCCC2)ccc1Br. The lowest BCUT2D eigenvalue weighted by molar-refractivity contribution is 0.229. The zero-order chi connectivity index (χ0) is 11.4. The van der Waals surface area contributed by atoms with Crippen molar-refractivity contribution in [1.82, 2.24) is 0 Å². The summed E-state index contributed by atoms with van der Waals surface area (Å²) in [4.78, 5) is 0. The number of benzene rings is 1. The highest BCUT2D eigenvalue weighted by atomic mass is 79.9. The van der Waals surface area contributed by atoms with Crippen molar-refractivity contribution in [2.75, 3.05) is 0 Å². The molecule has 0 aromatic heterocycles. The van der Waals surface area contributed by atoms with Gasteiger partial charge in [0.2, 0.25) is 0 Å². The maximum atomic E-state index is 5.89. The van der Waals surface area contributed by atoms with E-state index in [0.29, 0.717) is 6.54 Å². The quantitative estimate of drug-likeness (QED) is 0.862. The van der Waals surface area contributed by atoms with E-state index in [2.05, 4.69) is 28.1 Å². The molecule has 0 amide bonds. The predicted molar refractivity (Wildman–Crippen MR) is 69.4 cm³/mol. The molecule has 1 unspecified atom stereocenters. The Balaban J connectivity index is 2.09. The molecule has 2 rings (SSSR count). The number of rotatable bonds is 3. The molecule has 1 aliphatic rings. The van der Waals surface area contributed by atoms with Crippen LogP contribution >= 0.6 is 15.9 Å². The van der Waals surface area contributed by atoms with Gasteiger partial charge in [0.05, 0.1) is 0 Å². The molecule has 0 saturated carbocycles. The third-order valence-electron chi connectivity index (χ3n) is 2.73. The zero-order valence-corrected chi connectivity index (χ0v) is 10.7. The predicted octanol–water partition coefficient (Wildman–Crippen LogP) is 3.40. The van der Waals surface area contributed by atoms with Gasteiger partial charge < -0.3 is 10.5 Å². The molecular formula is C13H16BrNO. The van der Waals surface area contributed by atoms with Crippen LogP contribution in [0.3, 0.4) is 0 Å². The van der Waals surface area contributed by atoms with Gasteiger partial charge in [-0.2, -0.15) is 0 Å². The highest BCUT2D eigenvalue weighted by Crippen LogP contribution is 2.24. The molecule has 1 atom stereocenters. The average Bonchev–Trinajstić information content (AvgIpc) is 2.33. The summed E-state index contributed by atoms with van der Waals surface area (Å²) in [6.45, 7) is 0.526. The van der Waals surface area contributed by atoms with Gasteiger partial charge in [0, 0.05) is 11.0 Å². The van der Waals surface area contributed by atoms with Crippen molar-refractivity contribution in [2.45, 2.75) is 31.9 Å². The topological polar surface area (TPSA) is 35.2 Å². The molecule has 0 bridgehead atoms. The normalized spacial score (nSPS) is 19.8. The Morgan fingerprint density at radius 1 is 1.44 bits per heavy atom. The van der Waals surface area contributed by atoms with Crippen molar-refractivity contribution >= 4 is 15.9 Å². The summed E-state index contributed by atoms with van der Waals surface area (Å²) in [6.07, 6.45) is 8.05. The van der Waals surface area contributed by atoms with Gasteiger partial charge in [-0.05, 0) is 49.1 Å². The minimum Gasteiger partial charge on any atom is -0.486 e. The van der Waals surface area contributed by atoms with E-state index in [0.717, 1.165) is 22.2 Å². The highest BCUT2D eigenvalue weighted by molar-refractivity contribution is 9.10. The molecule has 0 fully saturated rings. The first-order valence-corrected chi connectivity index (χ1v) is 6.40. The smallest absolute Gasteiger partial charge is 0.120 e. The second-order valence-electron chi connectivity index (χ2n) is 3.97. The van der Waals surface area contributed by atoms with Crippen molar-refractivity contribution in [3.8, 4) is 5.75 Å². The number of ether oxygens (including phenoxy) is 1. The third-order valence-corrected chi connectivity index (χ3v) is 3.51. The van der Waals surface area contributed by atoms with Gasteiger partial charge in [0.15, 0.2) is 0 Å². The van der Waals surface area contributed by atoms with Crippen LogP contribution < -0.4 is 10.5 Å². The second kappa shape index (κ2) is 5.51. The molecule has 0 aliphatic heterocycles. The second-order valence-corrected chi connectivity index (χ2v) is 4.83. The Morgan fingerprint density at radius 3 is 3.00 bits per heavy atom. The van der Waals surface area contributed by atoms with Crippen LogP contribution in [0.25, 0.3) is 0 Å². The Morgan fingerprint density at radius 2 is 2.31 bits per heavy atom. The van der Waals surface area contributed by atoms with Crippen molar-refractivity contribution in [1.29, 1.82) is 0 Å². The van der Waals surface area contributed by atoms with Crippen molar-refractivity contribution < 1.29 is 4.74 Å². The van der Waals surface area contributed by atoms with Gasteiger partial charge in [-0.25, -0.2) is 0 Å². The largest absolute Gasteiger partial charge is 0.486 e. The number of nitrogens with two attached hydrogens (primary N) is 1. The molecule has 0 saturated heterocycles. The Labute approximate surface area is 105 Å². The van der Waals surface area contributed by atoms with Gasteiger partial charge in [0.25, 0.3) is 0 Å². The summed E-state index contributed by atoms with van der Waals surface area (Å²) >= 11 is 3.47. The molecule has 86 valence electrons. The Kier molecular flexibility index (Phi) is 4.02. The molecule has 0 spiro atoms. The summed E-state index contributed by atoms with van der Waals surface area (Å²) in [7, 11) is 0. The third kappa shape index (κ3) is 2.86. The summed E-state index contributed by atoms with van der Waals surface area (Å²) < 4.78 is 6.93. The van der Waals surface area contributed by atoms with Gasteiger partial charge >= 0.3 is 0 Å². The summed E-state index contributed by atoms with van der Waals surface area (Å²) in [5.41, 5.74) is 6.73. The van der Waals surface area contributed by atoms with Crippen molar-refractivity contribution in [3.63, 3.8) is 0 Å².